The molecule has 2 N–H and O–H groups in total. The number of hydrogen-bond donors (Lipinski definition) is 2. The number of amides is 1. The third kappa shape index (κ3) is 2.66. The van der Waals surface area contributed by atoms with Gasteiger partial charge in [-0.25, -0.2) is 9.78 Å². The number of carboxylic acids is 1. The van der Waals surface area contributed by atoms with E-state index in [9.17, 15) is 9.59 Å². The highest BCUT2D eigenvalue weighted by atomic mass is 35.5. The number of carbonyl (C=O) groups excluding carboxylic acids is 1. The van der Waals surface area contributed by atoms with Gasteiger partial charge in [0.25, 0.3) is 5.91 Å². The van der Waals surface area contributed by atoms with Crippen LogP contribution in [-0.4, -0.2) is 22.0 Å². The fourth-order valence-corrected chi connectivity index (χ4v) is 2.26. The Kier molecular flexibility index (Phi) is 3.59. The molecule has 7 heteroatoms. The van der Waals surface area contributed by atoms with Crippen LogP contribution in [0.25, 0.3) is 0 Å². The molecule has 2 rings (SSSR count). The summed E-state index contributed by atoms with van der Waals surface area (Å²) < 4.78 is 0. The first-order valence-corrected chi connectivity index (χ1v) is 6.07. The first-order valence-electron chi connectivity index (χ1n) is 4.81. The lowest BCUT2D eigenvalue weighted by Gasteiger charge is -2.03. The number of halogens is 1. The van der Waals surface area contributed by atoms with Crippen molar-refractivity contribution >= 4 is 40.6 Å². The lowest BCUT2D eigenvalue weighted by atomic mass is 10.3. The van der Waals surface area contributed by atoms with Gasteiger partial charge in [0.15, 0.2) is 0 Å². The number of rotatable bonds is 3. The lowest BCUT2D eigenvalue weighted by molar-refractivity contribution is 0.0696. The maximum Gasteiger partial charge on any atom is 0.337 e. The van der Waals surface area contributed by atoms with E-state index in [-0.39, 0.29) is 17.3 Å². The van der Waals surface area contributed by atoms with E-state index in [4.69, 9.17) is 16.7 Å². The molecule has 5 nitrogen and oxygen atoms in total. The lowest BCUT2D eigenvalue weighted by Crippen LogP contribution is -2.12. The van der Waals surface area contributed by atoms with Gasteiger partial charge in [0.05, 0.1) is 10.6 Å². The van der Waals surface area contributed by atoms with Crippen molar-refractivity contribution in [1.29, 1.82) is 0 Å². The van der Waals surface area contributed by atoms with E-state index in [0.29, 0.717) is 9.90 Å². The van der Waals surface area contributed by atoms with E-state index in [1.54, 1.807) is 11.4 Å². The fraction of sp³-hybridized carbons (Fsp3) is 0. The van der Waals surface area contributed by atoms with Gasteiger partial charge in [-0.2, -0.15) is 0 Å². The third-order valence-electron chi connectivity index (χ3n) is 2.08. The van der Waals surface area contributed by atoms with Crippen molar-refractivity contribution in [2.24, 2.45) is 0 Å². The van der Waals surface area contributed by atoms with Gasteiger partial charge in [-0.05, 0) is 23.6 Å². The molecular weight excluding hydrogens is 276 g/mol. The van der Waals surface area contributed by atoms with Crippen molar-refractivity contribution in [3.05, 3.63) is 45.2 Å². The van der Waals surface area contributed by atoms with Crippen molar-refractivity contribution in [3.63, 3.8) is 0 Å². The summed E-state index contributed by atoms with van der Waals surface area (Å²) in [5, 5.41) is 13.3. The smallest absolute Gasteiger partial charge is 0.337 e. The van der Waals surface area contributed by atoms with E-state index >= 15 is 0 Å². The van der Waals surface area contributed by atoms with E-state index < -0.39 is 5.97 Å². The highest BCUT2D eigenvalue weighted by Crippen LogP contribution is 2.22. The molecule has 0 aliphatic heterocycles. The predicted molar refractivity (Wildman–Crippen MR) is 68.5 cm³/mol. The molecule has 0 aliphatic rings. The Hall–Kier alpha value is -1.92. The molecular formula is C11H7ClN2O3S. The number of nitrogens with one attached hydrogen (secondary N) is 1. The van der Waals surface area contributed by atoms with Crippen molar-refractivity contribution in [1.82, 2.24) is 4.98 Å². The van der Waals surface area contributed by atoms with Crippen LogP contribution in [0.15, 0.2) is 29.8 Å². The standard InChI is InChI=1S/C11H7ClN2O3S/c12-7-3-4-18-9(7)10(15)14-8-2-1-6(5-13-8)11(16)17/h1-5H,(H,16,17)(H,13,14,15). The number of aromatic carboxylic acids is 1. The summed E-state index contributed by atoms with van der Waals surface area (Å²) in [4.78, 5) is 26.6. The molecule has 2 aromatic rings. The van der Waals surface area contributed by atoms with Gasteiger partial charge in [0.2, 0.25) is 0 Å². The van der Waals surface area contributed by atoms with Crippen LogP contribution < -0.4 is 5.32 Å². The van der Waals surface area contributed by atoms with Gasteiger partial charge in [0.1, 0.15) is 10.7 Å². The zero-order chi connectivity index (χ0) is 13.1. The summed E-state index contributed by atoms with van der Waals surface area (Å²) in [6.07, 6.45) is 1.17. The molecule has 92 valence electrons. The van der Waals surface area contributed by atoms with Crippen LogP contribution in [0.4, 0.5) is 5.82 Å². The molecule has 18 heavy (non-hydrogen) atoms. The highest BCUT2D eigenvalue weighted by Gasteiger charge is 2.12. The van der Waals surface area contributed by atoms with Crippen LogP contribution in [0.1, 0.15) is 20.0 Å². The van der Waals surface area contributed by atoms with Crippen LogP contribution in [0, 0.1) is 0 Å². The van der Waals surface area contributed by atoms with Gasteiger partial charge in [-0.15, -0.1) is 11.3 Å². The number of nitrogens with zero attached hydrogens (tertiary/aromatic N) is 1. The number of hydrogen-bond acceptors (Lipinski definition) is 4. The van der Waals surface area contributed by atoms with Gasteiger partial charge in [-0.3, -0.25) is 4.79 Å². The molecule has 0 radical (unpaired) electrons. The molecule has 2 aromatic heterocycles. The Morgan fingerprint density at radius 3 is 2.61 bits per heavy atom. The average molecular weight is 283 g/mol. The van der Waals surface area contributed by atoms with E-state index in [1.165, 1.54) is 29.7 Å². The zero-order valence-corrected chi connectivity index (χ0v) is 10.5. The number of carboxylic acid groups (broad SMARTS) is 1. The van der Waals surface area contributed by atoms with Gasteiger partial charge >= 0.3 is 5.97 Å². The second-order valence-electron chi connectivity index (χ2n) is 3.29. The van der Waals surface area contributed by atoms with Crippen LogP contribution in [0.3, 0.4) is 0 Å². The predicted octanol–water partition coefficient (Wildman–Crippen LogP) is 2.75. The largest absolute Gasteiger partial charge is 0.478 e. The molecule has 0 saturated heterocycles. The van der Waals surface area contributed by atoms with Crippen LogP contribution in [0.2, 0.25) is 5.02 Å². The summed E-state index contributed by atoms with van der Waals surface area (Å²) >= 11 is 7.04. The normalized spacial score (nSPS) is 10.1. The van der Waals surface area contributed by atoms with Crippen LogP contribution in [0.5, 0.6) is 0 Å². The van der Waals surface area contributed by atoms with E-state index in [0.717, 1.165) is 0 Å². The number of carbonyl (C=O) groups is 2. The second kappa shape index (κ2) is 5.16. The Morgan fingerprint density at radius 1 is 1.33 bits per heavy atom. The van der Waals surface area contributed by atoms with Gasteiger partial charge in [0, 0.05) is 6.20 Å². The number of aromatic nitrogens is 1. The Labute approximate surface area is 111 Å². The molecule has 0 bridgehead atoms. The van der Waals surface area contributed by atoms with Crippen molar-refractivity contribution < 1.29 is 14.7 Å². The van der Waals surface area contributed by atoms with Crippen molar-refractivity contribution in [2.45, 2.75) is 0 Å². The first kappa shape index (κ1) is 12.5. The van der Waals surface area contributed by atoms with E-state index in [1.807, 2.05) is 0 Å². The minimum atomic E-state index is -1.07. The number of thiophene rings is 1. The second-order valence-corrected chi connectivity index (χ2v) is 4.61. The Morgan fingerprint density at radius 2 is 2.11 bits per heavy atom. The SMILES string of the molecule is O=C(O)c1ccc(NC(=O)c2sccc2Cl)nc1. The summed E-state index contributed by atoms with van der Waals surface area (Å²) in [6.45, 7) is 0. The highest BCUT2D eigenvalue weighted by molar-refractivity contribution is 7.12. The van der Waals surface area contributed by atoms with Crippen LogP contribution >= 0.6 is 22.9 Å². The van der Waals surface area contributed by atoms with Gasteiger partial charge < -0.3 is 10.4 Å². The van der Waals surface area contributed by atoms with E-state index in [2.05, 4.69) is 10.3 Å². The first-order chi connectivity index (χ1) is 8.58. The minimum Gasteiger partial charge on any atom is -0.478 e. The average Bonchev–Trinajstić information content (AvgIpc) is 2.76. The molecule has 2 heterocycles. The van der Waals surface area contributed by atoms with Crippen molar-refractivity contribution in [3.8, 4) is 0 Å². The Balaban J connectivity index is 2.13. The minimum absolute atomic E-state index is 0.0576. The third-order valence-corrected chi connectivity index (χ3v) is 3.42. The quantitative estimate of drug-likeness (QED) is 0.907. The molecule has 0 unspecified atom stereocenters. The summed E-state index contributed by atoms with van der Waals surface area (Å²) in [7, 11) is 0. The molecule has 0 aromatic carbocycles. The zero-order valence-electron chi connectivity index (χ0n) is 8.88. The molecule has 0 spiro atoms. The molecule has 0 saturated carbocycles. The van der Waals surface area contributed by atoms with Gasteiger partial charge in [-0.1, -0.05) is 11.6 Å². The maximum atomic E-state index is 11.8. The molecule has 0 aliphatic carbocycles. The summed E-state index contributed by atoms with van der Waals surface area (Å²) in [5.74, 6) is -1.17. The monoisotopic (exact) mass is 282 g/mol. The summed E-state index contributed by atoms with van der Waals surface area (Å²) in [5.41, 5.74) is 0.0576. The molecule has 0 atom stereocenters. The topological polar surface area (TPSA) is 79.3 Å². The molecule has 0 fully saturated rings. The maximum absolute atomic E-state index is 11.8. The number of pyridine rings is 1. The van der Waals surface area contributed by atoms with Crippen molar-refractivity contribution in [2.75, 3.05) is 5.32 Å². The Bertz CT molecular complexity index is 595. The fourth-order valence-electron chi connectivity index (χ4n) is 1.22. The van der Waals surface area contributed by atoms with Crippen LogP contribution in [-0.2, 0) is 0 Å². The molecule has 1 amide bonds. The number of anilines is 1. The summed E-state index contributed by atoms with van der Waals surface area (Å²) in [6, 6.07) is 4.41.